The van der Waals surface area contributed by atoms with Gasteiger partial charge in [-0.2, -0.15) is 0 Å². The zero-order valence-corrected chi connectivity index (χ0v) is 14.5. The lowest BCUT2D eigenvalue weighted by molar-refractivity contribution is 0.0497. The Bertz CT molecular complexity index is 630. The van der Waals surface area contributed by atoms with E-state index in [0.717, 1.165) is 49.7 Å². The zero-order valence-electron chi connectivity index (χ0n) is 14.5. The first-order valence-electron chi connectivity index (χ1n) is 8.42. The van der Waals surface area contributed by atoms with Gasteiger partial charge in [-0.15, -0.1) is 0 Å². The van der Waals surface area contributed by atoms with Crippen LogP contribution in [0.2, 0.25) is 0 Å². The third-order valence-corrected chi connectivity index (χ3v) is 4.02. The summed E-state index contributed by atoms with van der Waals surface area (Å²) >= 11 is 0. The van der Waals surface area contributed by atoms with Crippen molar-refractivity contribution >= 4 is 29.5 Å². The zero-order chi connectivity index (χ0) is 17.2. The molecule has 3 rings (SSSR count). The van der Waals surface area contributed by atoms with Gasteiger partial charge in [0.15, 0.2) is 5.82 Å². The molecule has 0 bridgehead atoms. The van der Waals surface area contributed by atoms with Crippen LogP contribution in [0.1, 0.15) is 33.6 Å². The number of hydrogen-bond acceptors (Lipinski definition) is 6. The molecule has 0 saturated carbocycles. The van der Waals surface area contributed by atoms with Gasteiger partial charge in [-0.05, 0) is 39.7 Å². The number of aromatic nitrogens is 1. The summed E-state index contributed by atoms with van der Waals surface area (Å²) in [7, 11) is 0. The topological polar surface area (TPSA) is 78.8 Å². The van der Waals surface area contributed by atoms with E-state index in [0.29, 0.717) is 0 Å². The summed E-state index contributed by atoms with van der Waals surface area (Å²) in [6.45, 7) is 8.02. The van der Waals surface area contributed by atoms with E-state index in [1.807, 2.05) is 33.1 Å². The molecule has 1 fully saturated rings. The van der Waals surface area contributed by atoms with E-state index in [1.165, 1.54) is 0 Å². The molecule has 7 nitrogen and oxygen atoms in total. The fourth-order valence-electron chi connectivity index (χ4n) is 2.96. The minimum atomic E-state index is -0.468. The molecule has 0 unspecified atom stereocenters. The predicted octanol–water partition coefficient (Wildman–Crippen LogP) is 2.70. The maximum absolute atomic E-state index is 11.9. The van der Waals surface area contributed by atoms with Gasteiger partial charge < -0.3 is 20.3 Å². The lowest BCUT2D eigenvalue weighted by atomic mass is 10.0. The quantitative estimate of drug-likeness (QED) is 0.871. The first-order chi connectivity index (χ1) is 11.4. The maximum Gasteiger partial charge on any atom is 0.407 e. The number of hydrogen-bond donors (Lipinski definition) is 2. The summed E-state index contributed by atoms with van der Waals surface area (Å²) in [6.07, 6.45) is 5.06. The van der Waals surface area contributed by atoms with Gasteiger partial charge in [0.2, 0.25) is 0 Å². The van der Waals surface area contributed by atoms with Gasteiger partial charge in [0.05, 0.1) is 12.2 Å². The van der Waals surface area contributed by atoms with Crippen LogP contribution >= 0.6 is 0 Å². The molecule has 0 spiro atoms. The number of piperidine rings is 1. The Morgan fingerprint density at radius 2 is 2.12 bits per heavy atom. The molecular weight excluding hydrogens is 306 g/mol. The van der Waals surface area contributed by atoms with Crippen LogP contribution in [0.5, 0.6) is 0 Å². The monoisotopic (exact) mass is 331 g/mol. The van der Waals surface area contributed by atoms with E-state index in [2.05, 4.69) is 25.5 Å². The minimum Gasteiger partial charge on any atom is -0.444 e. The molecule has 0 aromatic carbocycles. The number of nitrogens with one attached hydrogen (secondary N) is 2. The molecule has 24 heavy (non-hydrogen) atoms. The molecule has 0 radical (unpaired) electrons. The molecule has 1 amide bonds. The first-order valence-corrected chi connectivity index (χ1v) is 8.42. The molecule has 2 aliphatic heterocycles. The summed E-state index contributed by atoms with van der Waals surface area (Å²) in [6, 6.07) is 2.06. The molecule has 7 heteroatoms. The van der Waals surface area contributed by atoms with Crippen molar-refractivity contribution in [2.75, 3.05) is 29.9 Å². The van der Waals surface area contributed by atoms with Gasteiger partial charge in [0.25, 0.3) is 0 Å². The van der Waals surface area contributed by atoms with Crippen molar-refractivity contribution < 1.29 is 9.53 Å². The Morgan fingerprint density at radius 3 is 2.83 bits per heavy atom. The van der Waals surface area contributed by atoms with Gasteiger partial charge >= 0.3 is 6.09 Å². The van der Waals surface area contributed by atoms with Crippen LogP contribution in [-0.4, -0.2) is 48.6 Å². The summed E-state index contributed by atoms with van der Waals surface area (Å²) in [5.41, 5.74) is 1.46. The first kappa shape index (κ1) is 16.5. The third-order valence-electron chi connectivity index (χ3n) is 4.02. The summed E-state index contributed by atoms with van der Waals surface area (Å²) in [5.74, 6) is 0.945. The van der Waals surface area contributed by atoms with E-state index in [4.69, 9.17) is 4.74 Å². The van der Waals surface area contributed by atoms with Crippen LogP contribution in [-0.2, 0) is 4.74 Å². The number of pyridine rings is 1. The van der Waals surface area contributed by atoms with Crippen molar-refractivity contribution in [1.29, 1.82) is 0 Å². The van der Waals surface area contributed by atoms with Crippen molar-refractivity contribution in [2.45, 2.75) is 45.3 Å². The Hall–Kier alpha value is -2.31. The van der Waals surface area contributed by atoms with Crippen molar-refractivity contribution in [1.82, 2.24) is 10.3 Å². The van der Waals surface area contributed by atoms with Crippen molar-refractivity contribution in [3.8, 4) is 0 Å². The number of aliphatic imine (C=N–C) groups is 1. The number of alkyl carbamates (subject to hydrolysis) is 1. The summed E-state index contributed by atoms with van der Waals surface area (Å²) < 4.78 is 5.32. The molecule has 1 aromatic rings. The van der Waals surface area contributed by atoms with Gasteiger partial charge in [0.1, 0.15) is 11.3 Å². The maximum atomic E-state index is 11.9. The van der Waals surface area contributed by atoms with Crippen LogP contribution in [0.3, 0.4) is 0 Å². The molecular formula is C17H25N5O2. The summed E-state index contributed by atoms with van der Waals surface area (Å²) in [4.78, 5) is 23.1. The molecule has 0 aliphatic carbocycles. The van der Waals surface area contributed by atoms with Crippen LogP contribution in [0, 0.1) is 0 Å². The Balaban J connectivity index is 1.58. The third kappa shape index (κ3) is 3.96. The summed E-state index contributed by atoms with van der Waals surface area (Å²) in [5, 5.41) is 6.32. The predicted molar refractivity (Wildman–Crippen MR) is 95.5 cm³/mol. The normalized spacial score (nSPS) is 17.9. The fourth-order valence-corrected chi connectivity index (χ4v) is 2.96. The Morgan fingerprint density at radius 1 is 1.38 bits per heavy atom. The average molecular weight is 331 g/mol. The van der Waals surface area contributed by atoms with Gasteiger partial charge in [-0.3, -0.25) is 4.99 Å². The molecule has 130 valence electrons. The van der Waals surface area contributed by atoms with Gasteiger partial charge in [-0.1, -0.05) is 0 Å². The second kappa shape index (κ2) is 6.67. The largest absolute Gasteiger partial charge is 0.444 e. The molecule has 2 aliphatic rings. The van der Waals surface area contributed by atoms with E-state index >= 15 is 0 Å². The average Bonchev–Trinajstić information content (AvgIpc) is 2.53. The number of anilines is 2. The molecule has 1 aromatic heterocycles. The SMILES string of the molecule is CC(C)(C)OC(=O)NC1CCN(c2nccc3c2NCC=N3)CC1. The highest BCUT2D eigenvalue weighted by Gasteiger charge is 2.26. The highest BCUT2D eigenvalue weighted by Crippen LogP contribution is 2.35. The van der Waals surface area contributed by atoms with E-state index in [-0.39, 0.29) is 12.1 Å². The highest BCUT2D eigenvalue weighted by molar-refractivity contribution is 5.86. The Kier molecular flexibility index (Phi) is 4.59. The lowest BCUT2D eigenvalue weighted by Crippen LogP contribution is -2.46. The highest BCUT2D eigenvalue weighted by atomic mass is 16.6. The molecule has 0 atom stereocenters. The number of fused-ring (bicyclic) bond motifs is 1. The smallest absolute Gasteiger partial charge is 0.407 e. The molecule has 2 N–H and O–H groups in total. The van der Waals surface area contributed by atoms with Crippen molar-refractivity contribution in [3.63, 3.8) is 0 Å². The van der Waals surface area contributed by atoms with Gasteiger partial charge in [0, 0.05) is 31.5 Å². The number of nitrogens with zero attached hydrogens (tertiary/aromatic N) is 3. The number of carbonyl (C=O) groups is 1. The minimum absolute atomic E-state index is 0.140. The van der Waals surface area contributed by atoms with Crippen LogP contribution in [0.15, 0.2) is 17.3 Å². The molecule has 1 saturated heterocycles. The van der Waals surface area contributed by atoms with Crippen molar-refractivity contribution in [2.24, 2.45) is 4.99 Å². The Labute approximate surface area is 142 Å². The number of amides is 1. The molecule has 3 heterocycles. The van der Waals surface area contributed by atoms with E-state index < -0.39 is 5.60 Å². The number of carbonyl (C=O) groups excluding carboxylic acids is 1. The van der Waals surface area contributed by atoms with Gasteiger partial charge in [-0.25, -0.2) is 9.78 Å². The number of rotatable bonds is 2. The van der Waals surface area contributed by atoms with Crippen LogP contribution < -0.4 is 15.5 Å². The van der Waals surface area contributed by atoms with E-state index in [9.17, 15) is 4.79 Å². The number of ether oxygens (including phenoxy) is 1. The fraction of sp³-hybridized carbons (Fsp3) is 0.588. The second-order valence-electron chi connectivity index (χ2n) is 7.13. The van der Waals surface area contributed by atoms with E-state index in [1.54, 1.807) is 6.20 Å². The van der Waals surface area contributed by atoms with Crippen LogP contribution in [0.4, 0.5) is 22.0 Å². The van der Waals surface area contributed by atoms with Crippen LogP contribution in [0.25, 0.3) is 0 Å². The standard InChI is InChI=1S/C17H25N5O2/c1-17(2,3)24-16(23)21-12-5-10-22(11-6-12)15-14-13(4-7-20-15)18-8-9-19-14/h4,7-8,12,19H,5-6,9-11H2,1-3H3,(H,21,23). The lowest BCUT2D eigenvalue weighted by Gasteiger charge is -2.34. The second-order valence-corrected chi connectivity index (χ2v) is 7.13. The van der Waals surface area contributed by atoms with Crippen molar-refractivity contribution in [3.05, 3.63) is 12.3 Å².